The van der Waals surface area contributed by atoms with E-state index in [1.807, 2.05) is 47.8 Å². The number of nitrogens with zero attached hydrogens (tertiary/aromatic N) is 2. The van der Waals surface area contributed by atoms with Crippen molar-refractivity contribution in [3.05, 3.63) is 59.6 Å². The zero-order chi connectivity index (χ0) is 16.9. The lowest BCUT2D eigenvalue weighted by Crippen LogP contribution is -2.27. The summed E-state index contributed by atoms with van der Waals surface area (Å²) < 4.78 is 1.79. The second kappa shape index (κ2) is 7.42. The molecule has 1 atom stereocenters. The summed E-state index contributed by atoms with van der Waals surface area (Å²) in [6.45, 7) is 2.12. The van der Waals surface area contributed by atoms with Crippen LogP contribution in [0, 0.1) is 0 Å². The van der Waals surface area contributed by atoms with Crippen LogP contribution in [0.2, 0.25) is 0 Å². The molecule has 0 aliphatic rings. The van der Waals surface area contributed by atoms with Crippen LogP contribution in [0.1, 0.15) is 23.8 Å². The summed E-state index contributed by atoms with van der Waals surface area (Å²) in [5.41, 5.74) is 2.16. The molecule has 1 unspecified atom stereocenters. The summed E-state index contributed by atoms with van der Waals surface area (Å²) in [4.78, 5) is 13.4. The molecule has 1 aromatic carbocycles. The monoisotopic (exact) mass is 341 g/mol. The van der Waals surface area contributed by atoms with E-state index in [1.165, 1.54) is 0 Å². The standard InChI is InChI=1S/C18H19N3O2S/c1-13(22)9-10-19-18(23)15-12-16(17-8-5-11-24-17)21(20-15)14-6-3-2-4-7-14/h2-8,11-13,22H,9-10H2,1H3,(H,19,23). The molecule has 0 aliphatic carbocycles. The molecule has 2 N–H and O–H groups in total. The Kier molecular flexibility index (Phi) is 5.08. The maximum Gasteiger partial charge on any atom is 0.271 e. The summed E-state index contributed by atoms with van der Waals surface area (Å²) in [5, 5.41) is 18.6. The molecule has 2 aromatic heterocycles. The van der Waals surface area contributed by atoms with Gasteiger partial charge in [0.25, 0.3) is 5.91 Å². The zero-order valence-corrected chi connectivity index (χ0v) is 14.2. The quantitative estimate of drug-likeness (QED) is 0.724. The van der Waals surface area contributed by atoms with Crippen molar-refractivity contribution in [2.75, 3.05) is 6.54 Å². The molecule has 1 amide bonds. The van der Waals surface area contributed by atoms with Crippen LogP contribution in [0.25, 0.3) is 16.3 Å². The van der Waals surface area contributed by atoms with Crippen LogP contribution < -0.4 is 5.32 Å². The van der Waals surface area contributed by atoms with Crippen molar-refractivity contribution in [2.24, 2.45) is 0 Å². The molecule has 5 nitrogen and oxygen atoms in total. The Bertz CT molecular complexity index is 795. The average Bonchev–Trinajstić information content (AvgIpc) is 3.24. The molecule has 6 heteroatoms. The lowest BCUT2D eigenvalue weighted by Gasteiger charge is -2.06. The fraction of sp³-hybridized carbons (Fsp3) is 0.222. The summed E-state index contributed by atoms with van der Waals surface area (Å²) >= 11 is 1.61. The predicted molar refractivity (Wildman–Crippen MR) is 95.5 cm³/mol. The fourth-order valence-electron chi connectivity index (χ4n) is 2.34. The van der Waals surface area contributed by atoms with E-state index >= 15 is 0 Å². The Morgan fingerprint density at radius 1 is 1.29 bits per heavy atom. The highest BCUT2D eigenvalue weighted by Crippen LogP contribution is 2.27. The summed E-state index contributed by atoms with van der Waals surface area (Å²) in [6, 6.07) is 15.5. The van der Waals surface area contributed by atoms with E-state index in [-0.39, 0.29) is 5.91 Å². The van der Waals surface area contributed by atoms with Gasteiger partial charge in [-0.1, -0.05) is 24.3 Å². The van der Waals surface area contributed by atoms with E-state index < -0.39 is 6.10 Å². The third-order valence-electron chi connectivity index (χ3n) is 3.56. The van der Waals surface area contributed by atoms with Gasteiger partial charge in [0.05, 0.1) is 22.4 Å². The predicted octanol–water partition coefficient (Wildman–Crippen LogP) is 3.10. The van der Waals surface area contributed by atoms with E-state index in [0.29, 0.717) is 18.7 Å². The molecule has 2 heterocycles. The molecule has 3 rings (SSSR count). The molecule has 0 spiro atoms. The number of rotatable bonds is 6. The van der Waals surface area contributed by atoms with Gasteiger partial charge in [-0.25, -0.2) is 4.68 Å². The van der Waals surface area contributed by atoms with E-state index in [0.717, 1.165) is 16.3 Å². The van der Waals surface area contributed by atoms with Crippen LogP contribution in [0.4, 0.5) is 0 Å². The number of carbonyl (C=O) groups is 1. The Hall–Kier alpha value is -2.44. The van der Waals surface area contributed by atoms with Crippen molar-refractivity contribution in [3.8, 4) is 16.3 Å². The number of benzene rings is 1. The first-order chi connectivity index (χ1) is 11.6. The fourth-order valence-corrected chi connectivity index (χ4v) is 3.07. The number of nitrogens with one attached hydrogen (secondary N) is 1. The first-order valence-corrected chi connectivity index (χ1v) is 8.69. The number of carbonyl (C=O) groups excluding carboxylic acids is 1. The smallest absolute Gasteiger partial charge is 0.271 e. The van der Waals surface area contributed by atoms with Gasteiger partial charge < -0.3 is 10.4 Å². The molecule has 24 heavy (non-hydrogen) atoms. The lowest BCUT2D eigenvalue weighted by atomic mass is 10.2. The van der Waals surface area contributed by atoms with Gasteiger partial charge in [0.1, 0.15) is 0 Å². The SMILES string of the molecule is CC(O)CCNC(=O)c1cc(-c2cccs2)n(-c2ccccc2)n1. The average molecular weight is 341 g/mol. The molecule has 0 aliphatic heterocycles. The summed E-state index contributed by atoms with van der Waals surface area (Å²) in [6.07, 6.45) is 0.0805. The third-order valence-corrected chi connectivity index (χ3v) is 4.46. The number of aliphatic hydroxyl groups is 1. The topological polar surface area (TPSA) is 67.2 Å². The van der Waals surface area contributed by atoms with E-state index in [9.17, 15) is 9.90 Å². The van der Waals surface area contributed by atoms with Gasteiger partial charge in [-0.2, -0.15) is 5.10 Å². The van der Waals surface area contributed by atoms with Gasteiger partial charge in [0.2, 0.25) is 0 Å². The third kappa shape index (κ3) is 3.72. The van der Waals surface area contributed by atoms with E-state index in [4.69, 9.17) is 0 Å². The first-order valence-electron chi connectivity index (χ1n) is 7.81. The highest BCUT2D eigenvalue weighted by molar-refractivity contribution is 7.13. The Morgan fingerprint density at radius 2 is 2.08 bits per heavy atom. The number of aliphatic hydroxyl groups excluding tert-OH is 1. The summed E-state index contributed by atoms with van der Waals surface area (Å²) in [5.74, 6) is -0.233. The molecule has 0 saturated carbocycles. The molecular weight excluding hydrogens is 322 g/mol. The summed E-state index contributed by atoms with van der Waals surface area (Å²) in [7, 11) is 0. The number of thiophene rings is 1. The second-order valence-electron chi connectivity index (χ2n) is 5.53. The molecule has 0 radical (unpaired) electrons. The maximum atomic E-state index is 12.3. The molecule has 124 valence electrons. The minimum absolute atomic E-state index is 0.233. The first kappa shape index (κ1) is 16.4. The van der Waals surface area contributed by atoms with E-state index in [2.05, 4.69) is 10.4 Å². The Labute approximate surface area is 144 Å². The Morgan fingerprint density at radius 3 is 2.75 bits per heavy atom. The lowest BCUT2D eigenvalue weighted by molar-refractivity contribution is 0.0940. The molecule has 0 bridgehead atoms. The van der Waals surface area contributed by atoms with Crippen molar-refractivity contribution >= 4 is 17.2 Å². The van der Waals surface area contributed by atoms with Gasteiger partial charge in [0, 0.05) is 6.54 Å². The van der Waals surface area contributed by atoms with Gasteiger partial charge in [-0.3, -0.25) is 4.79 Å². The molecule has 0 saturated heterocycles. The van der Waals surface area contributed by atoms with Gasteiger partial charge in [0.15, 0.2) is 5.69 Å². The van der Waals surface area contributed by atoms with Crippen molar-refractivity contribution < 1.29 is 9.90 Å². The van der Waals surface area contributed by atoms with Gasteiger partial charge in [-0.15, -0.1) is 11.3 Å². The zero-order valence-electron chi connectivity index (χ0n) is 13.3. The maximum absolute atomic E-state index is 12.3. The van der Waals surface area contributed by atoms with Crippen molar-refractivity contribution in [1.29, 1.82) is 0 Å². The highest BCUT2D eigenvalue weighted by atomic mass is 32.1. The normalized spacial score (nSPS) is 12.1. The minimum Gasteiger partial charge on any atom is -0.393 e. The van der Waals surface area contributed by atoms with E-state index in [1.54, 1.807) is 29.0 Å². The van der Waals surface area contributed by atoms with Crippen LogP contribution in [-0.2, 0) is 0 Å². The molecule has 3 aromatic rings. The number of para-hydroxylation sites is 1. The van der Waals surface area contributed by atoms with Crippen LogP contribution in [0.15, 0.2) is 53.9 Å². The van der Waals surface area contributed by atoms with Crippen LogP contribution >= 0.6 is 11.3 Å². The molecular formula is C18H19N3O2S. The van der Waals surface area contributed by atoms with Gasteiger partial charge in [-0.05, 0) is 43.0 Å². The number of hydrogen-bond donors (Lipinski definition) is 2. The largest absolute Gasteiger partial charge is 0.393 e. The number of aromatic nitrogens is 2. The van der Waals surface area contributed by atoms with Gasteiger partial charge >= 0.3 is 0 Å². The second-order valence-corrected chi connectivity index (χ2v) is 6.48. The molecule has 0 fully saturated rings. The highest BCUT2D eigenvalue weighted by Gasteiger charge is 2.17. The number of hydrogen-bond acceptors (Lipinski definition) is 4. The van der Waals surface area contributed by atoms with Crippen molar-refractivity contribution in [2.45, 2.75) is 19.4 Å². The van der Waals surface area contributed by atoms with Crippen LogP contribution in [0.3, 0.4) is 0 Å². The van der Waals surface area contributed by atoms with Crippen LogP contribution in [-0.4, -0.2) is 33.4 Å². The van der Waals surface area contributed by atoms with Crippen molar-refractivity contribution in [3.63, 3.8) is 0 Å². The van der Waals surface area contributed by atoms with Crippen LogP contribution in [0.5, 0.6) is 0 Å². The van der Waals surface area contributed by atoms with Crippen molar-refractivity contribution in [1.82, 2.24) is 15.1 Å². The minimum atomic E-state index is -0.436. The Balaban J connectivity index is 1.91. The number of amides is 1.